The van der Waals surface area contributed by atoms with Gasteiger partial charge in [-0.1, -0.05) is 27.2 Å². The number of nitrogens with zero attached hydrogens (tertiary/aromatic N) is 2. The summed E-state index contributed by atoms with van der Waals surface area (Å²) >= 11 is 0. The maximum atomic E-state index is 5.83. The number of nitrogens with one attached hydrogen (secondary N) is 1. The fraction of sp³-hybridized carbons (Fsp3) is 0.846. The Labute approximate surface area is 103 Å². The molecule has 0 bridgehead atoms. The third kappa shape index (κ3) is 2.51. The smallest absolute Gasteiger partial charge is 0.233 e. The van der Waals surface area contributed by atoms with Crippen LogP contribution in [0.4, 0.5) is 0 Å². The maximum Gasteiger partial charge on any atom is 0.233 e. The number of rotatable bonds is 4. The van der Waals surface area contributed by atoms with Crippen molar-refractivity contribution in [1.82, 2.24) is 15.5 Å². The van der Waals surface area contributed by atoms with Gasteiger partial charge in [-0.3, -0.25) is 0 Å². The van der Waals surface area contributed by atoms with Crippen molar-refractivity contribution in [3.63, 3.8) is 0 Å². The Hall–Kier alpha value is -0.900. The molecule has 4 heteroatoms. The molecule has 0 amide bonds. The van der Waals surface area contributed by atoms with Crippen LogP contribution in [0, 0.1) is 5.41 Å². The van der Waals surface area contributed by atoms with Crippen LogP contribution in [0.3, 0.4) is 0 Å². The van der Waals surface area contributed by atoms with Crippen molar-refractivity contribution in [2.45, 2.75) is 58.9 Å². The lowest BCUT2D eigenvalue weighted by Gasteiger charge is -2.23. The molecule has 1 saturated carbocycles. The van der Waals surface area contributed by atoms with E-state index in [1.807, 2.05) is 0 Å². The van der Waals surface area contributed by atoms with Gasteiger partial charge in [0.2, 0.25) is 11.8 Å². The minimum absolute atomic E-state index is 0.144. The Morgan fingerprint density at radius 2 is 2.24 bits per heavy atom. The van der Waals surface area contributed by atoms with Crippen LogP contribution < -0.4 is 5.32 Å². The molecule has 1 fully saturated rings. The standard InChI is InChI=1S/C13H23N3O/c1-5-14-9(2)11-15-16-12(17-11)10-7-6-8-13(10,3)4/h9-10,14H,5-8H2,1-4H3. The van der Waals surface area contributed by atoms with Gasteiger partial charge in [-0.2, -0.15) is 0 Å². The summed E-state index contributed by atoms with van der Waals surface area (Å²) in [7, 11) is 0. The van der Waals surface area contributed by atoms with E-state index in [1.165, 1.54) is 19.3 Å². The third-order valence-electron chi connectivity index (χ3n) is 3.89. The minimum Gasteiger partial charge on any atom is -0.423 e. The summed E-state index contributed by atoms with van der Waals surface area (Å²) in [5.74, 6) is 1.97. The van der Waals surface area contributed by atoms with Gasteiger partial charge in [-0.25, -0.2) is 0 Å². The molecule has 0 saturated heterocycles. The Balaban J connectivity index is 2.13. The van der Waals surface area contributed by atoms with E-state index in [0.717, 1.165) is 12.4 Å². The molecular weight excluding hydrogens is 214 g/mol. The van der Waals surface area contributed by atoms with Crippen molar-refractivity contribution in [2.75, 3.05) is 6.54 Å². The zero-order valence-corrected chi connectivity index (χ0v) is 11.3. The Morgan fingerprint density at radius 1 is 1.47 bits per heavy atom. The first-order chi connectivity index (χ1) is 8.04. The van der Waals surface area contributed by atoms with Crippen molar-refractivity contribution < 1.29 is 4.42 Å². The third-order valence-corrected chi connectivity index (χ3v) is 3.89. The highest BCUT2D eigenvalue weighted by Gasteiger charge is 2.39. The van der Waals surface area contributed by atoms with E-state index in [0.29, 0.717) is 17.2 Å². The quantitative estimate of drug-likeness (QED) is 0.874. The van der Waals surface area contributed by atoms with Crippen LogP contribution in [-0.4, -0.2) is 16.7 Å². The van der Waals surface area contributed by atoms with E-state index < -0.39 is 0 Å². The van der Waals surface area contributed by atoms with Gasteiger partial charge in [0.15, 0.2) is 0 Å². The van der Waals surface area contributed by atoms with Crippen LogP contribution in [0.25, 0.3) is 0 Å². The van der Waals surface area contributed by atoms with Crippen molar-refractivity contribution in [3.05, 3.63) is 11.8 Å². The molecule has 0 aliphatic heterocycles. The summed E-state index contributed by atoms with van der Waals surface area (Å²) in [6, 6.07) is 0.144. The Morgan fingerprint density at radius 3 is 2.82 bits per heavy atom. The highest BCUT2D eigenvalue weighted by atomic mass is 16.4. The molecular formula is C13H23N3O. The lowest BCUT2D eigenvalue weighted by molar-refractivity contribution is 0.275. The molecule has 1 aromatic rings. The number of aromatic nitrogens is 2. The molecule has 0 aromatic carbocycles. The molecule has 0 radical (unpaired) electrons. The van der Waals surface area contributed by atoms with Crippen LogP contribution in [-0.2, 0) is 0 Å². The number of hydrogen-bond acceptors (Lipinski definition) is 4. The summed E-state index contributed by atoms with van der Waals surface area (Å²) in [6.45, 7) is 9.63. The molecule has 1 N–H and O–H groups in total. The van der Waals surface area contributed by atoms with Gasteiger partial charge >= 0.3 is 0 Å². The van der Waals surface area contributed by atoms with E-state index in [9.17, 15) is 0 Å². The Kier molecular flexibility index (Phi) is 3.52. The van der Waals surface area contributed by atoms with E-state index in [-0.39, 0.29) is 6.04 Å². The van der Waals surface area contributed by atoms with Crippen LogP contribution in [0.15, 0.2) is 4.42 Å². The van der Waals surface area contributed by atoms with Gasteiger partial charge in [0.05, 0.1) is 6.04 Å². The van der Waals surface area contributed by atoms with E-state index in [2.05, 4.69) is 43.2 Å². The van der Waals surface area contributed by atoms with Gasteiger partial charge in [0.1, 0.15) is 0 Å². The van der Waals surface area contributed by atoms with Gasteiger partial charge in [0, 0.05) is 5.92 Å². The lowest BCUT2D eigenvalue weighted by atomic mass is 9.82. The number of hydrogen-bond donors (Lipinski definition) is 1. The average molecular weight is 237 g/mol. The minimum atomic E-state index is 0.144. The molecule has 4 nitrogen and oxygen atoms in total. The second kappa shape index (κ2) is 4.77. The monoisotopic (exact) mass is 237 g/mol. The van der Waals surface area contributed by atoms with Crippen LogP contribution in [0.1, 0.15) is 70.7 Å². The Bertz CT molecular complexity index is 372. The lowest BCUT2D eigenvalue weighted by Crippen LogP contribution is -2.18. The molecule has 1 aromatic heterocycles. The zero-order valence-electron chi connectivity index (χ0n) is 11.3. The van der Waals surface area contributed by atoms with Crippen LogP contribution in [0.2, 0.25) is 0 Å². The molecule has 1 aliphatic rings. The van der Waals surface area contributed by atoms with Crippen molar-refractivity contribution in [1.29, 1.82) is 0 Å². The second-order valence-electron chi connectivity index (χ2n) is 5.69. The molecule has 1 heterocycles. The highest BCUT2D eigenvalue weighted by Crippen LogP contribution is 2.48. The molecule has 1 aliphatic carbocycles. The summed E-state index contributed by atoms with van der Waals surface area (Å²) < 4.78 is 5.83. The fourth-order valence-corrected chi connectivity index (χ4v) is 2.74. The fourth-order valence-electron chi connectivity index (χ4n) is 2.74. The summed E-state index contributed by atoms with van der Waals surface area (Å²) in [5, 5.41) is 11.7. The van der Waals surface area contributed by atoms with Gasteiger partial charge in [-0.05, 0) is 31.7 Å². The summed E-state index contributed by atoms with van der Waals surface area (Å²) in [6.07, 6.45) is 3.68. The van der Waals surface area contributed by atoms with Gasteiger partial charge in [0.25, 0.3) is 0 Å². The molecule has 17 heavy (non-hydrogen) atoms. The van der Waals surface area contributed by atoms with Crippen molar-refractivity contribution in [2.24, 2.45) is 5.41 Å². The van der Waals surface area contributed by atoms with Gasteiger partial charge < -0.3 is 9.73 Å². The van der Waals surface area contributed by atoms with Crippen LogP contribution >= 0.6 is 0 Å². The molecule has 2 atom stereocenters. The maximum absolute atomic E-state index is 5.83. The SMILES string of the molecule is CCNC(C)c1nnc(C2CCCC2(C)C)o1. The normalized spacial score (nSPS) is 25.1. The van der Waals surface area contributed by atoms with Gasteiger partial charge in [-0.15, -0.1) is 10.2 Å². The highest BCUT2D eigenvalue weighted by molar-refractivity contribution is 5.03. The predicted octanol–water partition coefficient (Wildman–Crippen LogP) is 3.03. The summed E-state index contributed by atoms with van der Waals surface area (Å²) in [4.78, 5) is 0. The topological polar surface area (TPSA) is 51.0 Å². The summed E-state index contributed by atoms with van der Waals surface area (Å²) in [5.41, 5.74) is 0.297. The molecule has 2 unspecified atom stereocenters. The first-order valence-electron chi connectivity index (χ1n) is 6.61. The second-order valence-corrected chi connectivity index (χ2v) is 5.69. The van der Waals surface area contributed by atoms with E-state index in [1.54, 1.807) is 0 Å². The average Bonchev–Trinajstić information content (AvgIpc) is 2.84. The van der Waals surface area contributed by atoms with Crippen molar-refractivity contribution in [3.8, 4) is 0 Å². The predicted molar refractivity (Wildman–Crippen MR) is 66.8 cm³/mol. The molecule has 2 rings (SSSR count). The van der Waals surface area contributed by atoms with E-state index >= 15 is 0 Å². The van der Waals surface area contributed by atoms with Crippen LogP contribution in [0.5, 0.6) is 0 Å². The van der Waals surface area contributed by atoms with Crippen molar-refractivity contribution >= 4 is 0 Å². The first kappa shape index (κ1) is 12.6. The first-order valence-corrected chi connectivity index (χ1v) is 6.61. The zero-order chi connectivity index (χ0) is 12.5. The molecule has 0 spiro atoms. The largest absolute Gasteiger partial charge is 0.423 e. The molecule has 96 valence electrons. The van der Waals surface area contributed by atoms with E-state index in [4.69, 9.17) is 4.42 Å².